The largest absolute Gasteiger partial charge is 0.505 e. The summed E-state index contributed by atoms with van der Waals surface area (Å²) in [7, 11) is -4.02. The molecule has 1 N–H and O–H groups in total. The van der Waals surface area contributed by atoms with Crippen molar-refractivity contribution in [3.8, 4) is 5.75 Å². The Kier molecular flexibility index (Phi) is 12.2. The maximum absolute atomic E-state index is 14.9. The van der Waals surface area contributed by atoms with Crippen molar-refractivity contribution in [3.63, 3.8) is 0 Å². The van der Waals surface area contributed by atoms with E-state index in [2.05, 4.69) is 4.90 Å². The Balaban J connectivity index is 1.26. The maximum atomic E-state index is 14.9. The number of hydrogen-bond donors (Lipinski definition) is 1. The number of likely N-dealkylation sites (tertiary alicyclic amines) is 1. The second-order valence-electron chi connectivity index (χ2n) is 12.5. The molecule has 256 valence electrons. The van der Waals surface area contributed by atoms with Gasteiger partial charge in [0.15, 0.2) is 21.4 Å². The highest BCUT2D eigenvalue weighted by molar-refractivity contribution is 7.91. The minimum absolute atomic E-state index is 0.157. The predicted molar refractivity (Wildman–Crippen MR) is 165 cm³/mol. The third kappa shape index (κ3) is 9.49. The Labute approximate surface area is 266 Å². The number of benzene rings is 2. The van der Waals surface area contributed by atoms with Gasteiger partial charge in [0, 0.05) is 12.5 Å². The summed E-state index contributed by atoms with van der Waals surface area (Å²) in [5.41, 5.74) is 4.31. The molecular formula is C34H42F7NO3S. The topological polar surface area (TPSA) is 57.6 Å². The summed E-state index contributed by atoms with van der Waals surface area (Å²) in [6.45, 7) is 1.70. The Hall–Kier alpha value is -2.60. The number of allylic oxidation sites excluding steroid dienone is 2. The SMILES string of the molecule is O=S(=O)(CCC[C@@H]1CCCN1CCCCCCC1=C(c2ccc(F)cc2)CCCc2c1ccc(O)c2F)CCC(F)(F)C(F)(F)F. The van der Waals surface area contributed by atoms with Crippen LogP contribution in [0.4, 0.5) is 30.7 Å². The second-order valence-corrected chi connectivity index (χ2v) is 14.8. The standard InChI is InChI=1S/C34H42F7NO3S/c35-25-15-13-24(14-16-25)27-11-5-12-30-29(17-18-31(43)32(30)36)28(27)10-3-1-2-4-20-42-21-6-8-26(42)9-7-22-46(44,45)23-19-33(37,38)34(39,40)41/h13-18,26,43H,1-12,19-23H2/t26-/m0/s1. The van der Waals surface area contributed by atoms with Crippen molar-refractivity contribution in [2.75, 3.05) is 24.6 Å². The fraction of sp³-hybridized carbons (Fsp3) is 0.588. The molecular weight excluding hydrogens is 635 g/mol. The van der Waals surface area contributed by atoms with Crippen molar-refractivity contribution in [1.29, 1.82) is 0 Å². The summed E-state index contributed by atoms with van der Waals surface area (Å²) in [6.07, 6.45) is 1.37. The monoisotopic (exact) mass is 677 g/mol. The molecule has 1 aliphatic heterocycles. The summed E-state index contributed by atoms with van der Waals surface area (Å²) in [5.74, 6) is -7.90. The molecule has 1 saturated heterocycles. The molecule has 2 aromatic rings. The van der Waals surface area contributed by atoms with Gasteiger partial charge in [-0.1, -0.05) is 31.0 Å². The first kappa shape index (κ1) is 36.2. The van der Waals surface area contributed by atoms with Gasteiger partial charge in [-0.2, -0.15) is 22.0 Å². The van der Waals surface area contributed by atoms with Crippen molar-refractivity contribution >= 4 is 21.0 Å². The first-order chi connectivity index (χ1) is 21.7. The fourth-order valence-electron chi connectivity index (χ4n) is 6.70. The minimum atomic E-state index is -5.76. The van der Waals surface area contributed by atoms with E-state index in [1.807, 2.05) is 0 Å². The highest BCUT2D eigenvalue weighted by Crippen LogP contribution is 2.41. The van der Waals surface area contributed by atoms with Gasteiger partial charge in [-0.15, -0.1) is 0 Å². The molecule has 0 unspecified atom stereocenters. The van der Waals surface area contributed by atoms with Gasteiger partial charge < -0.3 is 10.0 Å². The van der Waals surface area contributed by atoms with Gasteiger partial charge in [0.25, 0.3) is 0 Å². The highest BCUT2D eigenvalue weighted by atomic mass is 32.2. The van der Waals surface area contributed by atoms with Gasteiger partial charge in [0.1, 0.15) is 5.82 Å². The zero-order valence-corrected chi connectivity index (χ0v) is 26.6. The van der Waals surface area contributed by atoms with Crippen LogP contribution in [0.15, 0.2) is 36.4 Å². The molecule has 0 amide bonds. The van der Waals surface area contributed by atoms with E-state index >= 15 is 0 Å². The van der Waals surface area contributed by atoms with Crippen LogP contribution in [-0.4, -0.2) is 61.2 Å². The van der Waals surface area contributed by atoms with E-state index in [1.165, 1.54) is 18.2 Å². The van der Waals surface area contributed by atoms with Crippen LogP contribution in [0, 0.1) is 11.6 Å². The normalized spacial score (nSPS) is 18.2. The summed E-state index contributed by atoms with van der Waals surface area (Å²) >= 11 is 0. The van der Waals surface area contributed by atoms with Crippen LogP contribution in [0.5, 0.6) is 5.75 Å². The lowest BCUT2D eigenvalue weighted by molar-refractivity contribution is -0.282. The molecule has 0 radical (unpaired) electrons. The number of aromatic hydroxyl groups is 1. The number of nitrogens with zero attached hydrogens (tertiary/aromatic N) is 1. The van der Waals surface area contributed by atoms with Crippen LogP contribution in [0.1, 0.15) is 93.7 Å². The smallest absolute Gasteiger partial charge is 0.453 e. The first-order valence-electron chi connectivity index (χ1n) is 16.1. The molecule has 46 heavy (non-hydrogen) atoms. The number of hydrogen-bond acceptors (Lipinski definition) is 4. The fourth-order valence-corrected chi connectivity index (χ4v) is 8.08. The van der Waals surface area contributed by atoms with Crippen molar-refractivity contribution < 1.29 is 44.3 Å². The van der Waals surface area contributed by atoms with Gasteiger partial charge in [0.2, 0.25) is 0 Å². The van der Waals surface area contributed by atoms with Crippen molar-refractivity contribution in [2.45, 2.75) is 102 Å². The lowest BCUT2D eigenvalue weighted by atomic mass is 9.89. The average molecular weight is 678 g/mol. The zero-order valence-electron chi connectivity index (χ0n) is 25.8. The van der Waals surface area contributed by atoms with Crippen molar-refractivity contribution in [2.24, 2.45) is 0 Å². The Morgan fingerprint density at radius 3 is 2.28 bits per heavy atom. The molecule has 4 rings (SSSR count). The van der Waals surface area contributed by atoms with E-state index < -0.39 is 45.7 Å². The molecule has 0 bridgehead atoms. The van der Waals surface area contributed by atoms with Crippen LogP contribution >= 0.6 is 0 Å². The molecule has 0 saturated carbocycles. The zero-order chi connectivity index (χ0) is 33.5. The lowest BCUT2D eigenvalue weighted by Gasteiger charge is -2.24. The minimum Gasteiger partial charge on any atom is -0.505 e. The van der Waals surface area contributed by atoms with Gasteiger partial charge >= 0.3 is 12.1 Å². The average Bonchev–Trinajstić information content (AvgIpc) is 3.35. The summed E-state index contributed by atoms with van der Waals surface area (Å²) in [6, 6.07) is 9.66. The molecule has 2 aromatic carbocycles. The van der Waals surface area contributed by atoms with Gasteiger partial charge in [0.05, 0.1) is 11.5 Å². The molecule has 0 spiro atoms. The van der Waals surface area contributed by atoms with Crippen LogP contribution < -0.4 is 0 Å². The van der Waals surface area contributed by atoms with E-state index in [1.54, 1.807) is 18.2 Å². The molecule has 1 atom stereocenters. The number of fused-ring (bicyclic) bond motifs is 1. The van der Waals surface area contributed by atoms with Crippen LogP contribution in [0.2, 0.25) is 0 Å². The summed E-state index contributed by atoms with van der Waals surface area (Å²) in [5, 5.41) is 9.98. The van der Waals surface area contributed by atoms with Crippen LogP contribution in [-0.2, 0) is 16.3 Å². The number of unbranched alkanes of at least 4 members (excludes halogenated alkanes) is 3. The second kappa shape index (κ2) is 15.5. The molecule has 1 heterocycles. The summed E-state index contributed by atoms with van der Waals surface area (Å²) < 4.78 is 116. The number of phenols is 1. The Bertz CT molecular complexity index is 1460. The van der Waals surface area contributed by atoms with Crippen LogP contribution in [0.25, 0.3) is 11.1 Å². The Morgan fingerprint density at radius 2 is 1.57 bits per heavy atom. The van der Waals surface area contributed by atoms with E-state index in [4.69, 9.17) is 0 Å². The molecule has 2 aliphatic rings. The predicted octanol–water partition coefficient (Wildman–Crippen LogP) is 9.12. The van der Waals surface area contributed by atoms with E-state index in [0.717, 1.165) is 73.9 Å². The summed E-state index contributed by atoms with van der Waals surface area (Å²) in [4.78, 5) is 2.30. The van der Waals surface area contributed by atoms with Crippen molar-refractivity contribution in [3.05, 3.63) is 64.7 Å². The van der Waals surface area contributed by atoms with E-state index in [-0.39, 0.29) is 24.0 Å². The van der Waals surface area contributed by atoms with E-state index in [9.17, 15) is 44.3 Å². The van der Waals surface area contributed by atoms with Crippen LogP contribution in [0.3, 0.4) is 0 Å². The Morgan fingerprint density at radius 1 is 0.848 bits per heavy atom. The number of halogens is 7. The molecule has 1 fully saturated rings. The number of alkyl halides is 5. The van der Waals surface area contributed by atoms with E-state index in [0.29, 0.717) is 37.7 Å². The van der Waals surface area contributed by atoms with Gasteiger partial charge in [-0.05, 0) is 123 Å². The molecule has 1 aliphatic carbocycles. The quantitative estimate of drug-likeness (QED) is 0.151. The molecule has 0 aromatic heterocycles. The third-order valence-electron chi connectivity index (χ3n) is 9.21. The third-order valence-corrected chi connectivity index (χ3v) is 11.0. The first-order valence-corrected chi connectivity index (χ1v) is 17.9. The maximum Gasteiger partial charge on any atom is 0.453 e. The molecule has 4 nitrogen and oxygen atoms in total. The van der Waals surface area contributed by atoms with Crippen molar-refractivity contribution in [1.82, 2.24) is 4.90 Å². The highest BCUT2D eigenvalue weighted by Gasteiger charge is 2.57. The van der Waals surface area contributed by atoms with Gasteiger partial charge in [-0.25, -0.2) is 17.2 Å². The lowest BCUT2D eigenvalue weighted by Crippen LogP contribution is -2.38. The number of phenolic OH excluding ortho intramolecular Hbond substituents is 1. The van der Waals surface area contributed by atoms with Gasteiger partial charge in [-0.3, -0.25) is 0 Å². The number of sulfone groups is 1. The number of rotatable bonds is 15. The molecule has 12 heteroatoms.